The van der Waals surface area contributed by atoms with Crippen LogP contribution in [0.4, 0.5) is 0 Å². The van der Waals surface area contributed by atoms with Crippen LogP contribution in [0.2, 0.25) is 0 Å². The van der Waals surface area contributed by atoms with Gasteiger partial charge in [-0.1, -0.05) is 22.0 Å². The Hall–Kier alpha value is -1.37. The van der Waals surface area contributed by atoms with Crippen LogP contribution in [-0.2, 0) is 0 Å². The van der Waals surface area contributed by atoms with Crippen LogP contribution in [0.3, 0.4) is 0 Å². The number of nitrogens with two attached hydrogens (primary N) is 1. The average molecular weight is 414 g/mol. The molecule has 0 spiro atoms. The number of nitrogens with zero attached hydrogens (tertiary/aromatic N) is 2. The highest BCUT2D eigenvalue weighted by Gasteiger charge is 2.41. The van der Waals surface area contributed by atoms with E-state index < -0.39 is 0 Å². The van der Waals surface area contributed by atoms with E-state index in [0.717, 1.165) is 28.7 Å². The lowest BCUT2D eigenvalue weighted by Crippen LogP contribution is -2.53. The molecule has 1 aromatic heterocycles. The number of rotatable bonds is 5. The smallest absolute Gasteiger partial charge is 0.255 e. The maximum absolute atomic E-state index is 12.7. The Morgan fingerprint density at radius 1 is 1.50 bits per heavy atom. The summed E-state index contributed by atoms with van der Waals surface area (Å²) in [4.78, 5) is 12.7. The molecule has 5 nitrogen and oxygen atoms in total. The van der Waals surface area contributed by atoms with Gasteiger partial charge in [0.15, 0.2) is 0 Å². The van der Waals surface area contributed by atoms with Crippen molar-refractivity contribution in [1.29, 1.82) is 0 Å². The summed E-state index contributed by atoms with van der Waals surface area (Å²) < 4.78 is 2.75. The zero-order valence-electron chi connectivity index (χ0n) is 13.8. The lowest BCUT2D eigenvalue weighted by molar-refractivity contribution is 0.0897. The van der Waals surface area contributed by atoms with Crippen LogP contribution in [0.25, 0.3) is 5.69 Å². The number of hydrogen-bond donors (Lipinski definition) is 2. The van der Waals surface area contributed by atoms with Crippen molar-refractivity contribution in [3.8, 4) is 5.69 Å². The third kappa shape index (κ3) is 3.66. The van der Waals surface area contributed by atoms with Crippen molar-refractivity contribution < 1.29 is 4.79 Å². The number of benzene rings is 1. The van der Waals surface area contributed by atoms with Crippen molar-refractivity contribution in [1.82, 2.24) is 15.1 Å². The normalized spacial score (nSPS) is 16.2. The summed E-state index contributed by atoms with van der Waals surface area (Å²) in [5.74, 6) is 0.375. The van der Waals surface area contributed by atoms with E-state index in [1.54, 1.807) is 10.9 Å². The predicted molar refractivity (Wildman–Crippen MR) is 101 cm³/mol. The molecular formula is C17H22BrClN4O. The zero-order chi connectivity index (χ0) is 16.6. The lowest BCUT2D eigenvalue weighted by Gasteiger charge is -2.29. The fourth-order valence-electron chi connectivity index (χ4n) is 2.87. The molecule has 24 heavy (non-hydrogen) atoms. The number of carbonyl (C=O) groups is 1. The minimum atomic E-state index is -0.332. The molecule has 2 aromatic rings. The first-order chi connectivity index (χ1) is 10.9. The highest BCUT2D eigenvalue weighted by molar-refractivity contribution is 9.10. The molecule has 0 saturated heterocycles. The van der Waals surface area contributed by atoms with Crippen LogP contribution >= 0.6 is 28.3 Å². The lowest BCUT2D eigenvalue weighted by atomic mass is 9.95. The summed E-state index contributed by atoms with van der Waals surface area (Å²) in [6.07, 6.45) is 3.88. The molecule has 130 valence electrons. The summed E-state index contributed by atoms with van der Waals surface area (Å²) in [6.45, 7) is 4.37. The molecule has 1 atom stereocenters. The van der Waals surface area contributed by atoms with Crippen LogP contribution in [0.1, 0.15) is 35.8 Å². The fraction of sp³-hybridized carbons (Fsp3) is 0.412. The molecule has 7 heteroatoms. The average Bonchev–Trinajstić information content (AvgIpc) is 3.30. The van der Waals surface area contributed by atoms with Gasteiger partial charge in [-0.3, -0.25) is 4.79 Å². The molecule has 0 radical (unpaired) electrons. The van der Waals surface area contributed by atoms with Gasteiger partial charge in [-0.15, -0.1) is 12.4 Å². The maximum Gasteiger partial charge on any atom is 0.255 e. The third-order valence-electron chi connectivity index (χ3n) is 4.61. The van der Waals surface area contributed by atoms with Crippen LogP contribution in [0.15, 0.2) is 34.9 Å². The second kappa shape index (κ2) is 7.25. The van der Waals surface area contributed by atoms with Crippen LogP contribution in [0, 0.1) is 12.8 Å². The molecule has 0 bridgehead atoms. The minimum Gasteiger partial charge on any atom is -0.345 e. The number of halogens is 2. The van der Waals surface area contributed by atoms with Crippen LogP contribution < -0.4 is 11.1 Å². The van der Waals surface area contributed by atoms with Crippen molar-refractivity contribution in [3.63, 3.8) is 0 Å². The van der Waals surface area contributed by atoms with Crippen molar-refractivity contribution in [2.75, 3.05) is 6.54 Å². The van der Waals surface area contributed by atoms with E-state index in [1.807, 2.05) is 38.1 Å². The molecule has 1 aliphatic rings. The van der Waals surface area contributed by atoms with Gasteiger partial charge in [-0.2, -0.15) is 5.10 Å². The SMILES string of the molecule is Cc1c(C(=O)NC(C)(CN)C2CC2)cnn1-c1cccc(Br)c1.Cl. The quantitative estimate of drug-likeness (QED) is 0.790. The van der Waals surface area contributed by atoms with Gasteiger partial charge >= 0.3 is 0 Å². The first-order valence-corrected chi connectivity index (χ1v) is 8.57. The molecule has 1 amide bonds. The minimum absolute atomic E-state index is 0. The number of nitrogens with one attached hydrogen (secondary N) is 1. The largest absolute Gasteiger partial charge is 0.345 e. The first kappa shape index (κ1) is 19.0. The molecule has 1 aliphatic carbocycles. The molecule has 3 rings (SSSR count). The predicted octanol–water partition coefficient (Wildman–Crippen LogP) is 3.22. The van der Waals surface area contributed by atoms with Gasteiger partial charge in [0.1, 0.15) is 0 Å². The van der Waals surface area contributed by atoms with Crippen molar-refractivity contribution in [2.45, 2.75) is 32.2 Å². The molecule has 0 aliphatic heterocycles. The van der Waals surface area contributed by atoms with E-state index >= 15 is 0 Å². The monoisotopic (exact) mass is 412 g/mol. The van der Waals surface area contributed by atoms with E-state index in [0.29, 0.717) is 18.0 Å². The number of amides is 1. The summed E-state index contributed by atoms with van der Waals surface area (Å²) in [7, 11) is 0. The number of carbonyl (C=O) groups excluding carboxylic acids is 1. The van der Waals surface area contributed by atoms with Gasteiger partial charge in [-0.25, -0.2) is 4.68 Å². The standard InChI is InChI=1S/C17H21BrN4O.ClH/c1-11-15(16(23)21-17(2,10-19)12-6-7-12)9-20-22(11)14-5-3-4-13(18)8-14;/h3-5,8-9,12H,6-7,10,19H2,1-2H3,(H,21,23);1H. The van der Waals surface area contributed by atoms with E-state index in [2.05, 4.69) is 26.3 Å². The van der Waals surface area contributed by atoms with Crippen LogP contribution in [-0.4, -0.2) is 27.8 Å². The second-order valence-corrected chi connectivity index (χ2v) is 7.30. The van der Waals surface area contributed by atoms with Crippen LogP contribution in [0.5, 0.6) is 0 Å². The zero-order valence-corrected chi connectivity index (χ0v) is 16.2. The molecule has 1 aromatic carbocycles. The van der Waals surface area contributed by atoms with Gasteiger partial charge in [0, 0.05) is 11.0 Å². The van der Waals surface area contributed by atoms with Gasteiger partial charge < -0.3 is 11.1 Å². The Morgan fingerprint density at radius 2 is 2.21 bits per heavy atom. The third-order valence-corrected chi connectivity index (χ3v) is 5.10. The Kier molecular flexibility index (Phi) is 5.73. The molecule has 1 unspecified atom stereocenters. The molecule has 1 fully saturated rings. The summed E-state index contributed by atoms with van der Waals surface area (Å²) >= 11 is 3.46. The summed E-state index contributed by atoms with van der Waals surface area (Å²) in [5.41, 5.74) is 7.87. The number of aromatic nitrogens is 2. The van der Waals surface area contributed by atoms with E-state index in [9.17, 15) is 4.79 Å². The fourth-order valence-corrected chi connectivity index (χ4v) is 3.25. The molecule has 1 heterocycles. The number of hydrogen-bond acceptors (Lipinski definition) is 3. The highest BCUT2D eigenvalue weighted by atomic mass is 79.9. The Balaban J connectivity index is 0.00000208. The molecule has 1 saturated carbocycles. The topological polar surface area (TPSA) is 72.9 Å². The van der Waals surface area contributed by atoms with Crippen molar-refractivity contribution >= 4 is 34.2 Å². The van der Waals surface area contributed by atoms with Gasteiger partial charge in [0.25, 0.3) is 5.91 Å². The Bertz CT molecular complexity index is 744. The maximum atomic E-state index is 12.7. The Labute approximate surface area is 156 Å². The highest BCUT2D eigenvalue weighted by Crippen LogP contribution is 2.39. The molecule has 3 N–H and O–H groups in total. The molecular weight excluding hydrogens is 392 g/mol. The van der Waals surface area contributed by atoms with Gasteiger partial charge in [0.05, 0.1) is 28.7 Å². The van der Waals surface area contributed by atoms with Gasteiger partial charge in [0.2, 0.25) is 0 Å². The summed E-state index contributed by atoms with van der Waals surface area (Å²) in [6, 6.07) is 7.83. The second-order valence-electron chi connectivity index (χ2n) is 6.39. The van der Waals surface area contributed by atoms with E-state index in [4.69, 9.17) is 5.73 Å². The Morgan fingerprint density at radius 3 is 2.79 bits per heavy atom. The first-order valence-electron chi connectivity index (χ1n) is 7.78. The summed E-state index contributed by atoms with van der Waals surface area (Å²) in [5, 5.41) is 7.48. The van der Waals surface area contributed by atoms with E-state index in [1.165, 1.54) is 0 Å². The van der Waals surface area contributed by atoms with Crippen molar-refractivity contribution in [2.24, 2.45) is 11.7 Å². The van der Waals surface area contributed by atoms with E-state index in [-0.39, 0.29) is 23.9 Å². The van der Waals surface area contributed by atoms with Gasteiger partial charge in [-0.05, 0) is 50.8 Å². The van der Waals surface area contributed by atoms with Crippen molar-refractivity contribution in [3.05, 3.63) is 46.2 Å².